The predicted octanol–water partition coefficient (Wildman–Crippen LogP) is 3.31. The minimum Gasteiger partial charge on any atom is -0.350 e. The molecule has 0 unspecified atom stereocenters. The predicted molar refractivity (Wildman–Crippen MR) is 94.4 cm³/mol. The van der Waals surface area contributed by atoms with E-state index in [9.17, 15) is 4.79 Å². The van der Waals surface area contributed by atoms with Crippen LogP contribution in [-0.4, -0.2) is 36.5 Å². The molecule has 1 heterocycles. The molecule has 2 fully saturated rings. The van der Waals surface area contributed by atoms with E-state index in [1.54, 1.807) is 0 Å². The molecule has 3 rings (SSSR count). The summed E-state index contributed by atoms with van der Waals surface area (Å²) in [5.74, 6) is 0.954. The summed E-state index contributed by atoms with van der Waals surface area (Å²) in [5, 5.41) is 3.34. The number of rotatable bonds is 6. The SMILES string of the molecule is Cc1ccccc1CC1(NC(=O)CC[C@H]2CCCN(C)C2)CC1. The monoisotopic (exact) mass is 314 g/mol. The Balaban J connectivity index is 1.47. The van der Waals surface area contributed by atoms with Gasteiger partial charge in [-0.3, -0.25) is 4.79 Å². The highest BCUT2D eigenvalue weighted by atomic mass is 16.1. The number of carbonyl (C=O) groups excluding carboxylic acids is 1. The van der Waals surface area contributed by atoms with Crippen LogP contribution in [0.15, 0.2) is 24.3 Å². The fraction of sp³-hybridized carbons (Fsp3) is 0.650. The minimum atomic E-state index is 0.0482. The molecule has 0 aromatic heterocycles. The lowest BCUT2D eigenvalue weighted by molar-refractivity contribution is -0.122. The fourth-order valence-electron chi connectivity index (χ4n) is 3.87. The van der Waals surface area contributed by atoms with E-state index >= 15 is 0 Å². The van der Waals surface area contributed by atoms with Crippen LogP contribution in [0.25, 0.3) is 0 Å². The molecule has 1 atom stereocenters. The van der Waals surface area contributed by atoms with Crippen LogP contribution >= 0.6 is 0 Å². The number of benzene rings is 1. The van der Waals surface area contributed by atoms with Crippen molar-refractivity contribution in [3.8, 4) is 0 Å². The Labute approximate surface area is 140 Å². The summed E-state index contributed by atoms with van der Waals surface area (Å²) < 4.78 is 0. The van der Waals surface area contributed by atoms with Crippen LogP contribution < -0.4 is 5.32 Å². The maximum Gasteiger partial charge on any atom is 0.220 e. The van der Waals surface area contributed by atoms with Gasteiger partial charge in [-0.05, 0) is 76.1 Å². The van der Waals surface area contributed by atoms with Crippen LogP contribution in [0, 0.1) is 12.8 Å². The summed E-state index contributed by atoms with van der Waals surface area (Å²) in [5.41, 5.74) is 2.75. The smallest absolute Gasteiger partial charge is 0.220 e. The van der Waals surface area contributed by atoms with Gasteiger partial charge >= 0.3 is 0 Å². The number of amides is 1. The Morgan fingerprint density at radius 2 is 2.13 bits per heavy atom. The second-order valence-corrected chi connectivity index (χ2v) is 7.74. The van der Waals surface area contributed by atoms with Gasteiger partial charge in [0.15, 0.2) is 0 Å². The van der Waals surface area contributed by atoms with E-state index in [1.165, 1.54) is 30.5 Å². The third-order valence-corrected chi connectivity index (χ3v) is 5.55. The van der Waals surface area contributed by atoms with Gasteiger partial charge in [0.2, 0.25) is 5.91 Å². The number of aryl methyl sites for hydroxylation is 1. The lowest BCUT2D eigenvalue weighted by Gasteiger charge is -2.29. The van der Waals surface area contributed by atoms with E-state index in [1.807, 2.05) is 0 Å². The van der Waals surface area contributed by atoms with Gasteiger partial charge in [-0.1, -0.05) is 24.3 Å². The van der Waals surface area contributed by atoms with Gasteiger partial charge in [-0.25, -0.2) is 0 Å². The van der Waals surface area contributed by atoms with Gasteiger partial charge in [0.25, 0.3) is 0 Å². The van der Waals surface area contributed by atoms with Crippen LogP contribution in [-0.2, 0) is 11.2 Å². The Kier molecular flexibility index (Phi) is 5.05. The molecular formula is C20H30N2O. The first-order valence-electron chi connectivity index (χ1n) is 9.10. The minimum absolute atomic E-state index is 0.0482. The third-order valence-electron chi connectivity index (χ3n) is 5.55. The van der Waals surface area contributed by atoms with Crippen molar-refractivity contribution in [2.24, 2.45) is 5.92 Å². The largest absolute Gasteiger partial charge is 0.350 e. The van der Waals surface area contributed by atoms with Crippen LogP contribution in [0.2, 0.25) is 0 Å². The highest BCUT2D eigenvalue weighted by Crippen LogP contribution is 2.39. The number of nitrogens with zero attached hydrogens (tertiary/aromatic N) is 1. The van der Waals surface area contributed by atoms with Gasteiger partial charge in [-0.2, -0.15) is 0 Å². The standard InChI is InChI=1S/C20H30N2O/c1-16-6-3-4-8-18(16)14-20(11-12-20)21-19(23)10-9-17-7-5-13-22(2)15-17/h3-4,6,8,17H,5,7,9-15H2,1-2H3,(H,21,23)/t17-/m1/s1. The van der Waals surface area contributed by atoms with E-state index in [4.69, 9.17) is 0 Å². The van der Waals surface area contributed by atoms with Crippen molar-refractivity contribution in [3.05, 3.63) is 35.4 Å². The molecule has 0 bridgehead atoms. The maximum atomic E-state index is 12.4. The fourth-order valence-corrected chi connectivity index (χ4v) is 3.87. The topological polar surface area (TPSA) is 32.3 Å². The summed E-state index contributed by atoms with van der Waals surface area (Å²) in [6.07, 6.45) is 7.52. The average Bonchev–Trinajstić information content (AvgIpc) is 3.27. The Morgan fingerprint density at radius 3 is 2.83 bits per heavy atom. The highest BCUT2D eigenvalue weighted by molar-refractivity contribution is 5.77. The van der Waals surface area contributed by atoms with Crippen molar-refractivity contribution in [1.82, 2.24) is 10.2 Å². The molecule has 23 heavy (non-hydrogen) atoms. The van der Waals surface area contributed by atoms with Gasteiger partial charge in [0.1, 0.15) is 0 Å². The molecule has 126 valence electrons. The van der Waals surface area contributed by atoms with Gasteiger partial charge in [0, 0.05) is 18.5 Å². The van der Waals surface area contributed by atoms with E-state index in [0.29, 0.717) is 12.3 Å². The quantitative estimate of drug-likeness (QED) is 0.874. The average molecular weight is 314 g/mol. The van der Waals surface area contributed by atoms with Crippen LogP contribution in [0.3, 0.4) is 0 Å². The number of carbonyl (C=O) groups is 1. The highest BCUT2D eigenvalue weighted by Gasteiger charge is 2.43. The second kappa shape index (κ2) is 7.04. The van der Waals surface area contributed by atoms with Gasteiger partial charge in [-0.15, -0.1) is 0 Å². The van der Waals surface area contributed by atoms with Crippen molar-refractivity contribution in [3.63, 3.8) is 0 Å². The maximum absolute atomic E-state index is 12.4. The molecule has 0 radical (unpaired) electrons. The van der Waals surface area contributed by atoms with Crippen LogP contribution in [0.4, 0.5) is 0 Å². The number of piperidine rings is 1. The van der Waals surface area contributed by atoms with Gasteiger partial charge in [0.05, 0.1) is 0 Å². The summed E-state index contributed by atoms with van der Waals surface area (Å²) in [4.78, 5) is 14.8. The molecule has 1 amide bonds. The first-order valence-corrected chi connectivity index (χ1v) is 9.10. The van der Waals surface area contributed by atoms with Crippen molar-refractivity contribution in [2.45, 2.75) is 57.4 Å². The summed E-state index contributed by atoms with van der Waals surface area (Å²) in [6, 6.07) is 8.53. The number of hydrogen-bond donors (Lipinski definition) is 1. The Hall–Kier alpha value is -1.35. The molecule has 1 aliphatic heterocycles. The zero-order valence-corrected chi connectivity index (χ0v) is 14.6. The number of hydrogen-bond acceptors (Lipinski definition) is 2. The lowest BCUT2D eigenvalue weighted by Crippen LogP contribution is -2.39. The van der Waals surface area contributed by atoms with Crippen molar-refractivity contribution in [2.75, 3.05) is 20.1 Å². The molecule has 1 N–H and O–H groups in total. The molecular weight excluding hydrogens is 284 g/mol. The van der Waals surface area contributed by atoms with Crippen molar-refractivity contribution >= 4 is 5.91 Å². The Bertz CT molecular complexity index is 550. The molecule has 3 nitrogen and oxygen atoms in total. The van der Waals surface area contributed by atoms with Crippen LogP contribution in [0.5, 0.6) is 0 Å². The zero-order valence-electron chi connectivity index (χ0n) is 14.6. The molecule has 1 aromatic rings. The van der Waals surface area contributed by atoms with Gasteiger partial charge < -0.3 is 10.2 Å². The zero-order chi connectivity index (χ0) is 16.3. The third kappa shape index (κ3) is 4.57. The summed E-state index contributed by atoms with van der Waals surface area (Å²) in [7, 11) is 2.19. The molecule has 1 aliphatic carbocycles. The lowest BCUT2D eigenvalue weighted by atomic mass is 9.93. The van der Waals surface area contributed by atoms with E-state index in [2.05, 4.69) is 48.5 Å². The van der Waals surface area contributed by atoms with E-state index < -0.39 is 0 Å². The van der Waals surface area contributed by atoms with Crippen molar-refractivity contribution in [1.29, 1.82) is 0 Å². The van der Waals surface area contributed by atoms with Crippen LogP contribution in [0.1, 0.15) is 49.7 Å². The molecule has 1 aromatic carbocycles. The normalized spacial score (nSPS) is 23.5. The van der Waals surface area contributed by atoms with E-state index in [-0.39, 0.29) is 11.4 Å². The summed E-state index contributed by atoms with van der Waals surface area (Å²) in [6.45, 7) is 4.52. The first-order chi connectivity index (χ1) is 11.1. The Morgan fingerprint density at radius 1 is 1.35 bits per heavy atom. The molecule has 0 spiro atoms. The number of nitrogens with one attached hydrogen (secondary N) is 1. The molecule has 3 heteroatoms. The van der Waals surface area contributed by atoms with E-state index in [0.717, 1.165) is 32.2 Å². The molecule has 1 saturated heterocycles. The summed E-state index contributed by atoms with van der Waals surface area (Å²) >= 11 is 0. The van der Waals surface area contributed by atoms with Crippen molar-refractivity contribution < 1.29 is 4.79 Å². The molecule has 2 aliphatic rings. The molecule has 1 saturated carbocycles. The number of likely N-dealkylation sites (tertiary alicyclic amines) is 1. The first kappa shape index (κ1) is 16.5. The second-order valence-electron chi connectivity index (χ2n) is 7.74.